The first-order valence-corrected chi connectivity index (χ1v) is 8.40. The Kier molecular flexibility index (Phi) is 6.76. The molecule has 1 atom stereocenters. The number of halogens is 1. The third kappa shape index (κ3) is 5.29. The van der Waals surface area contributed by atoms with Gasteiger partial charge < -0.3 is 10.1 Å². The van der Waals surface area contributed by atoms with Crippen LogP contribution in [0, 0.1) is 0 Å². The van der Waals surface area contributed by atoms with Crippen molar-refractivity contribution in [1.29, 1.82) is 0 Å². The molecule has 1 amide bonds. The molecule has 1 unspecified atom stereocenters. The summed E-state index contributed by atoms with van der Waals surface area (Å²) in [6.45, 7) is 1.49. The van der Waals surface area contributed by atoms with Crippen LogP contribution in [0.4, 0.5) is 5.13 Å². The van der Waals surface area contributed by atoms with Gasteiger partial charge in [0.25, 0.3) is 10.0 Å². The lowest BCUT2D eigenvalue weighted by atomic mass is 10.3. The molecule has 20 heavy (non-hydrogen) atoms. The molecule has 0 aliphatic carbocycles. The van der Waals surface area contributed by atoms with E-state index in [0.29, 0.717) is 12.3 Å². The van der Waals surface area contributed by atoms with E-state index in [0.717, 1.165) is 11.3 Å². The highest BCUT2D eigenvalue weighted by atomic mass is 35.5. The lowest BCUT2D eigenvalue weighted by Crippen LogP contribution is -2.38. The number of aromatic nitrogens is 2. The van der Waals surface area contributed by atoms with Crippen LogP contribution in [0.5, 0.6) is 0 Å². The molecule has 0 saturated heterocycles. The topological polar surface area (TPSA) is 110 Å². The molecule has 0 fully saturated rings. The molecule has 11 heteroatoms. The highest BCUT2D eigenvalue weighted by molar-refractivity contribution is 7.91. The summed E-state index contributed by atoms with van der Waals surface area (Å²) < 4.78 is 31.3. The SMILES string of the molecule is COCC(CCCl)NS(=O)(=O)c1nnc(NC(C)=O)s1. The minimum Gasteiger partial charge on any atom is -0.383 e. The summed E-state index contributed by atoms with van der Waals surface area (Å²) >= 11 is 6.37. The van der Waals surface area contributed by atoms with Gasteiger partial charge >= 0.3 is 0 Å². The van der Waals surface area contributed by atoms with Gasteiger partial charge in [0, 0.05) is 26.0 Å². The zero-order chi connectivity index (χ0) is 15.2. The number of anilines is 1. The minimum atomic E-state index is -3.81. The van der Waals surface area contributed by atoms with Gasteiger partial charge in [0.1, 0.15) is 0 Å². The molecule has 0 spiro atoms. The zero-order valence-electron chi connectivity index (χ0n) is 10.9. The number of nitrogens with one attached hydrogen (secondary N) is 2. The van der Waals surface area contributed by atoms with Crippen LogP contribution in [0.25, 0.3) is 0 Å². The van der Waals surface area contributed by atoms with E-state index in [1.54, 1.807) is 0 Å². The number of alkyl halides is 1. The van der Waals surface area contributed by atoms with Crippen LogP contribution in [-0.2, 0) is 19.6 Å². The van der Waals surface area contributed by atoms with E-state index in [-0.39, 0.29) is 22.0 Å². The summed E-state index contributed by atoms with van der Waals surface area (Å²) in [5.41, 5.74) is 0. The highest BCUT2D eigenvalue weighted by Gasteiger charge is 2.24. The standard InChI is InChI=1S/C9H15ClN4O4S2/c1-6(15)11-8-12-13-9(19-8)20(16,17)14-7(3-4-10)5-18-2/h7,14H,3-5H2,1-2H3,(H,11,12,15). The van der Waals surface area contributed by atoms with E-state index in [9.17, 15) is 13.2 Å². The van der Waals surface area contributed by atoms with Gasteiger partial charge in [-0.3, -0.25) is 4.79 Å². The highest BCUT2D eigenvalue weighted by Crippen LogP contribution is 2.20. The van der Waals surface area contributed by atoms with Crippen molar-refractivity contribution in [3.05, 3.63) is 0 Å². The number of ether oxygens (including phenoxy) is 1. The lowest BCUT2D eigenvalue weighted by Gasteiger charge is -2.15. The Labute approximate surface area is 125 Å². The number of amides is 1. The number of hydrogen-bond acceptors (Lipinski definition) is 7. The maximum Gasteiger partial charge on any atom is 0.270 e. The third-order valence-corrected chi connectivity index (χ3v) is 5.01. The number of hydrogen-bond donors (Lipinski definition) is 2. The average molecular weight is 343 g/mol. The summed E-state index contributed by atoms with van der Waals surface area (Å²) in [5.74, 6) is -0.0541. The Balaban J connectivity index is 2.81. The van der Waals surface area contributed by atoms with Gasteiger partial charge in [0.05, 0.1) is 6.61 Å². The molecule has 8 nitrogen and oxygen atoms in total. The van der Waals surface area contributed by atoms with Gasteiger partial charge in [-0.1, -0.05) is 11.3 Å². The average Bonchev–Trinajstić information content (AvgIpc) is 2.77. The summed E-state index contributed by atoms with van der Waals surface area (Å²) in [6.07, 6.45) is 0.423. The summed E-state index contributed by atoms with van der Waals surface area (Å²) in [4.78, 5) is 10.9. The molecule has 0 aliphatic heterocycles. The van der Waals surface area contributed by atoms with E-state index in [1.807, 2.05) is 0 Å². The predicted octanol–water partition coefficient (Wildman–Crippen LogP) is 0.419. The number of carbonyl (C=O) groups excluding carboxylic acids is 1. The maximum atomic E-state index is 12.1. The van der Waals surface area contributed by atoms with Gasteiger partial charge in [0.15, 0.2) is 0 Å². The number of rotatable bonds is 8. The second-order valence-corrected chi connectivity index (χ2v) is 7.05. The van der Waals surface area contributed by atoms with Gasteiger partial charge in [0.2, 0.25) is 15.4 Å². The Hall–Kier alpha value is -0.810. The van der Waals surface area contributed by atoms with E-state index in [4.69, 9.17) is 16.3 Å². The monoisotopic (exact) mass is 342 g/mol. The van der Waals surface area contributed by atoms with Gasteiger partial charge in [-0.15, -0.1) is 21.8 Å². The summed E-state index contributed by atoms with van der Waals surface area (Å²) in [7, 11) is -2.35. The third-order valence-electron chi connectivity index (χ3n) is 2.07. The van der Waals surface area contributed by atoms with Crippen LogP contribution in [0.1, 0.15) is 13.3 Å². The molecule has 1 aromatic heterocycles. The van der Waals surface area contributed by atoms with Crippen LogP contribution >= 0.6 is 22.9 Å². The summed E-state index contributed by atoms with van der Waals surface area (Å²) in [6, 6.07) is -0.449. The van der Waals surface area contributed by atoms with Crippen LogP contribution < -0.4 is 10.0 Å². The van der Waals surface area contributed by atoms with Crippen LogP contribution in [-0.4, -0.2) is 50.2 Å². The fourth-order valence-electron chi connectivity index (χ4n) is 1.30. The first-order chi connectivity index (χ1) is 9.39. The normalized spacial score (nSPS) is 13.2. The molecule has 1 heterocycles. The number of methoxy groups -OCH3 is 1. The van der Waals surface area contributed by atoms with Crippen molar-refractivity contribution in [2.24, 2.45) is 0 Å². The molecule has 0 bridgehead atoms. The van der Waals surface area contributed by atoms with Crippen LogP contribution in [0.15, 0.2) is 4.34 Å². The second-order valence-electron chi connectivity index (χ2n) is 3.81. The van der Waals surface area contributed by atoms with Crippen molar-refractivity contribution in [2.45, 2.75) is 23.7 Å². The Bertz CT molecular complexity index is 542. The van der Waals surface area contributed by atoms with Crippen molar-refractivity contribution < 1.29 is 17.9 Å². The molecule has 0 saturated carbocycles. The fraction of sp³-hybridized carbons (Fsp3) is 0.667. The van der Waals surface area contributed by atoms with E-state index in [1.165, 1.54) is 14.0 Å². The van der Waals surface area contributed by atoms with Crippen molar-refractivity contribution in [2.75, 3.05) is 24.9 Å². The van der Waals surface area contributed by atoms with Crippen LogP contribution in [0.2, 0.25) is 0 Å². The Morgan fingerprint density at radius 1 is 1.50 bits per heavy atom. The Morgan fingerprint density at radius 3 is 2.75 bits per heavy atom. The first kappa shape index (κ1) is 17.2. The van der Waals surface area contributed by atoms with Crippen molar-refractivity contribution in [1.82, 2.24) is 14.9 Å². The molecule has 0 radical (unpaired) electrons. The molecule has 1 rings (SSSR count). The molecule has 114 valence electrons. The summed E-state index contributed by atoms with van der Waals surface area (Å²) in [5, 5.41) is 9.62. The van der Waals surface area contributed by atoms with E-state index >= 15 is 0 Å². The van der Waals surface area contributed by atoms with Gasteiger partial charge in [-0.2, -0.15) is 0 Å². The quantitative estimate of drug-likeness (QED) is 0.523. The number of sulfonamides is 1. The molecular weight excluding hydrogens is 328 g/mol. The molecular formula is C9H15ClN4O4S2. The van der Waals surface area contributed by atoms with Crippen molar-refractivity contribution in [3.63, 3.8) is 0 Å². The molecule has 0 aromatic carbocycles. The predicted molar refractivity (Wildman–Crippen MR) is 75.5 cm³/mol. The Morgan fingerprint density at radius 2 is 2.20 bits per heavy atom. The van der Waals surface area contributed by atoms with Gasteiger partial charge in [-0.25, -0.2) is 13.1 Å². The van der Waals surface area contributed by atoms with Crippen molar-refractivity contribution >= 4 is 44.0 Å². The number of carbonyl (C=O) groups is 1. The smallest absolute Gasteiger partial charge is 0.270 e. The largest absolute Gasteiger partial charge is 0.383 e. The lowest BCUT2D eigenvalue weighted by molar-refractivity contribution is -0.114. The van der Waals surface area contributed by atoms with Crippen LogP contribution in [0.3, 0.4) is 0 Å². The first-order valence-electron chi connectivity index (χ1n) is 5.57. The van der Waals surface area contributed by atoms with Crippen molar-refractivity contribution in [3.8, 4) is 0 Å². The zero-order valence-corrected chi connectivity index (χ0v) is 13.3. The second kappa shape index (κ2) is 7.84. The maximum absolute atomic E-state index is 12.1. The number of nitrogens with zero attached hydrogens (tertiary/aromatic N) is 2. The van der Waals surface area contributed by atoms with E-state index < -0.39 is 16.1 Å². The molecule has 0 aliphatic rings. The molecule has 2 N–H and O–H groups in total. The molecule has 1 aromatic rings. The van der Waals surface area contributed by atoms with Gasteiger partial charge in [-0.05, 0) is 6.42 Å². The minimum absolute atomic E-state index is 0.124. The van der Waals surface area contributed by atoms with E-state index in [2.05, 4.69) is 20.2 Å². The fourth-order valence-corrected chi connectivity index (χ4v) is 3.78.